The summed E-state index contributed by atoms with van der Waals surface area (Å²) in [5.41, 5.74) is 3.08. The number of hydrogen-bond acceptors (Lipinski definition) is 6. The van der Waals surface area contributed by atoms with E-state index in [1.807, 2.05) is 25.3 Å². The minimum Gasteiger partial charge on any atom is -0.431 e. The van der Waals surface area contributed by atoms with Crippen molar-refractivity contribution in [3.63, 3.8) is 0 Å². The van der Waals surface area contributed by atoms with E-state index < -0.39 is 0 Å². The van der Waals surface area contributed by atoms with Crippen molar-refractivity contribution < 1.29 is 9.53 Å². The molecule has 156 valence electrons. The number of ether oxygens (including phenoxy) is 1. The fourth-order valence-corrected chi connectivity index (χ4v) is 5.73. The summed E-state index contributed by atoms with van der Waals surface area (Å²) in [5, 5.41) is 4.31. The van der Waals surface area contributed by atoms with Crippen LogP contribution in [-0.2, 0) is 11.3 Å². The Morgan fingerprint density at radius 1 is 1.23 bits per heavy atom. The van der Waals surface area contributed by atoms with Gasteiger partial charge in [-0.15, -0.1) is 0 Å². The van der Waals surface area contributed by atoms with Crippen molar-refractivity contribution in [3.05, 3.63) is 47.7 Å². The number of nitrogens with zero attached hydrogens (tertiary/aromatic N) is 3. The van der Waals surface area contributed by atoms with Gasteiger partial charge in [-0.05, 0) is 61.9 Å². The van der Waals surface area contributed by atoms with Crippen LogP contribution in [0.2, 0.25) is 0 Å². The van der Waals surface area contributed by atoms with Gasteiger partial charge < -0.3 is 15.0 Å². The molecule has 30 heavy (non-hydrogen) atoms. The zero-order valence-corrected chi connectivity index (χ0v) is 18.1. The van der Waals surface area contributed by atoms with Gasteiger partial charge in [-0.1, -0.05) is 23.5 Å². The maximum absolute atomic E-state index is 11.9. The first-order valence-electron chi connectivity index (χ1n) is 10.6. The van der Waals surface area contributed by atoms with Crippen LogP contribution < -0.4 is 10.1 Å². The van der Waals surface area contributed by atoms with Gasteiger partial charge in [0.25, 0.3) is 5.19 Å². The van der Waals surface area contributed by atoms with Gasteiger partial charge in [-0.25, -0.2) is 4.98 Å². The van der Waals surface area contributed by atoms with Gasteiger partial charge in [-0.3, -0.25) is 4.79 Å². The number of amides is 1. The Labute approximate surface area is 180 Å². The molecule has 0 aliphatic carbocycles. The third kappa shape index (κ3) is 3.91. The zero-order chi connectivity index (χ0) is 20.7. The molecule has 3 atom stereocenters. The first-order chi connectivity index (χ1) is 14.5. The molecule has 0 spiro atoms. The van der Waals surface area contributed by atoms with Crippen LogP contribution in [0.5, 0.6) is 10.9 Å². The molecule has 2 fully saturated rings. The lowest BCUT2D eigenvalue weighted by Crippen LogP contribution is -2.50. The number of benzene rings is 1. The summed E-state index contributed by atoms with van der Waals surface area (Å²) in [6.07, 6.45) is 6.23. The molecule has 2 bridgehead atoms. The van der Waals surface area contributed by atoms with E-state index in [9.17, 15) is 4.79 Å². The van der Waals surface area contributed by atoms with Crippen LogP contribution in [0.3, 0.4) is 0 Å². The maximum Gasteiger partial charge on any atom is 0.281 e. The third-order valence-electron chi connectivity index (χ3n) is 6.18. The highest BCUT2D eigenvalue weighted by Crippen LogP contribution is 2.36. The monoisotopic (exact) mass is 422 g/mol. The molecule has 2 aliphatic heterocycles. The summed E-state index contributed by atoms with van der Waals surface area (Å²) in [6.45, 7) is 4.56. The second-order valence-electron chi connectivity index (χ2n) is 8.42. The SMILES string of the molecule is CC(=O)N1[C@@H]2CC[C@H]1CC(NCc1ccc(Oc3nc4ncc(C)cc4s3)cc1)C2. The number of nitrogens with one attached hydrogen (secondary N) is 1. The molecule has 7 heteroatoms. The Morgan fingerprint density at radius 3 is 2.67 bits per heavy atom. The molecule has 3 aromatic rings. The van der Waals surface area contributed by atoms with Crippen molar-refractivity contribution in [2.24, 2.45) is 0 Å². The Hall–Kier alpha value is -2.51. The predicted octanol–water partition coefficient (Wildman–Crippen LogP) is 4.42. The van der Waals surface area contributed by atoms with Gasteiger partial charge in [0.1, 0.15) is 5.75 Å². The fourth-order valence-electron chi connectivity index (χ4n) is 4.84. The molecule has 5 rings (SSSR count). The fraction of sp³-hybridized carbons (Fsp3) is 0.435. The number of rotatable bonds is 5. The van der Waals surface area contributed by atoms with E-state index in [0.717, 1.165) is 53.9 Å². The minimum absolute atomic E-state index is 0.232. The zero-order valence-electron chi connectivity index (χ0n) is 17.3. The normalized spacial score (nSPS) is 23.1. The number of carbonyl (C=O) groups is 1. The Morgan fingerprint density at radius 2 is 1.97 bits per heavy atom. The van der Waals surface area contributed by atoms with Gasteiger partial charge >= 0.3 is 0 Å². The molecule has 4 heterocycles. The van der Waals surface area contributed by atoms with Crippen molar-refractivity contribution >= 4 is 27.6 Å². The molecule has 2 aromatic heterocycles. The van der Waals surface area contributed by atoms with Gasteiger partial charge in [0.15, 0.2) is 5.65 Å². The summed E-state index contributed by atoms with van der Waals surface area (Å²) in [7, 11) is 0. The van der Waals surface area contributed by atoms with E-state index in [4.69, 9.17) is 4.74 Å². The number of aryl methyl sites for hydroxylation is 1. The number of carbonyl (C=O) groups excluding carboxylic acids is 1. The number of fused-ring (bicyclic) bond motifs is 3. The van der Waals surface area contributed by atoms with Gasteiger partial charge in [0.2, 0.25) is 5.91 Å². The summed E-state index contributed by atoms with van der Waals surface area (Å²) >= 11 is 1.51. The summed E-state index contributed by atoms with van der Waals surface area (Å²) in [5.74, 6) is 1.01. The molecular formula is C23H26N4O2S. The predicted molar refractivity (Wildman–Crippen MR) is 118 cm³/mol. The smallest absolute Gasteiger partial charge is 0.281 e. The first kappa shape index (κ1) is 19.5. The molecule has 1 N–H and O–H groups in total. The van der Waals surface area contributed by atoms with Gasteiger partial charge in [-0.2, -0.15) is 4.98 Å². The van der Waals surface area contributed by atoms with E-state index in [-0.39, 0.29) is 5.91 Å². The second kappa shape index (κ2) is 7.96. The highest BCUT2D eigenvalue weighted by Gasteiger charge is 2.41. The highest BCUT2D eigenvalue weighted by molar-refractivity contribution is 7.20. The van der Waals surface area contributed by atoms with E-state index in [1.54, 1.807) is 6.92 Å². The van der Waals surface area contributed by atoms with E-state index in [2.05, 4.69) is 38.4 Å². The molecule has 0 radical (unpaired) electrons. The van der Waals surface area contributed by atoms with Gasteiger partial charge in [0.05, 0.1) is 4.70 Å². The highest BCUT2D eigenvalue weighted by atomic mass is 32.1. The summed E-state index contributed by atoms with van der Waals surface area (Å²) in [4.78, 5) is 22.8. The largest absolute Gasteiger partial charge is 0.431 e. The molecule has 2 aliphatic rings. The summed E-state index contributed by atoms with van der Waals surface area (Å²) < 4.78 is 6.97. The maximum atomic E-state index is 11.9. The van der Waals surface area contributed by atoms with E-state index in [0.29, 0.717) is 23.3 Å². The van der Waals surface area contributed by atoms with Crippen molar-refractivity contribution in [2.75, 3.05) is 0 Å². The average molecular weight is 423 g/mol. The van der Waals surface area contributed by atoms with Crippen LogP contribution in [0.1, 0.15) is 43.7 Å². The first-order valence-corrected chi connectivity index (χ1v) is 11.4. The Bertz CT molecular complexity index is 1050. The number of pyridine rings is 1. The van der Waals surface area contributed by atoms with E-state index >= 15 is 0 Å². The molecule has 1 amide bonds. The van der Waals surface area contributed by atoms with Crippen molar-refractivity contribution in [1.29, 1.82) is 0 Å². The standard InChI is InChI=1S/C23H26N4O2S/c1-14-9-21-22(25-12-14)26-23(30-21)29-20-7-3-16(4-8-20)13-24-17-10-18-5-6-19(11-17)27(18)15(2)28/h3-4,7-9,12,17-19,24H,5-6,10-11,13H2,1-2H3/t17?,18-,19+. The van der Waals surface area contributed by atoms with Crippen LogP contribution in [0.25, 0.3) is 10.3 Å². The van der Waals surface area contributed by atoms with Crippen LogP contribution in [0.15, 0.2) is 36.5 Å². The lowest BCUT2D eigenvalue weighted by molar-refractivity contribution is -0.133. The second-order valence-corrected chi connectivity index (χ2v) is 9.41. The average Bonchev–Trinajstić information content (AvgIpc) is 3.24. The van der Waals surface area contributed by atoms with Crippen molar-refractivity contribution in [2.45, 2.75) is 64.2 Å². The molecular weight excluding hydrogens is 396 g/mol. The molecule has 0 saturated carbocycles. The Kier molecular flexibility index (Phi) is 5.16. The number of aromatic nitrogens is 2. The van der Waals surface area contributed by atoms with Crippen molar-refractivity contribution in [3.8, 4) is 10.9 Å². The van der Waals surface area contributed by atoms with Crippen LogP contribution >= 0.6 is 11.3 Å². The number of piperidine rings is 1. The molecule has 2 saturated heterocycles. The van der Waals surface area contributed by atoms with E-state index in [1.165, 1.54) is 16.9 Å². The molecule has 1 unspecified atom stereocenters. The van der Waals surface area contributed by atoms with Crippen LogP contribution in [0, 0.1) is 6.92 Å². The van der Waals surface area contributed by atoms with Crippen LogP contribution in [-0.4, -0.2) is 38.9 Å². The topological polar surface area (TPSA) is 67.4 Å². The number of thiazole rings is 1. The third-order valence-corrected chi connectivity index (χ3v) is 7.05. The summed E-state index contributed by atoms with van der Waals surface area (Å²) in [6, 6.07) is 11.6. The quantitative estimate of drug-likeness (QED) is 0.659. The lowest BCUT2D eigenvalue weighted by Gasteiger charge is -2.38. The van der Waals surface area contributed by atoms with Gasteiger partial charge in [0, 0.05) is 37.8 Å². The van der Waals surface area contributed by atoms with Crippen molar-refractivity contribution in [1.82, 2.24) is 20.2 Å². The lowest BCUT2D eigenvalue weighted by atomic mass is 9.97. The Balaban J connectivity index is 1.17. The number of hydrogen-bond donors (Lipinski definition) is 1. The molecule has 6 nitrogen and oxygen atoms in total. The minimum atomic E-state index is 0.232. The molecule has 1 aromatic carbocycles. The van der Waals surface area contributed by atoms with Crippen LogP contribution in [0.4, 0.5) is 0 Å².